The molecule has 0 radical (unpaired) electrons. The van der Waals surface area contributed by atoms with Crippen molar-refractivity contribution in [3.8, 4) is 11.1 Å². The molecule has 1 aliphatic carbocycles. The normalized spacial score (nSPS) is 14.5. The first-order valence-electron chi connectivity index (χ1n) is 16.4. The molecule has 7 rings (SSSR count). The molecule has 1 fully saturated rings. The first kappa shape index (κ1) is 30.4. The van der Waals surface area contributed by atoms with E-state index >= 15 is 0 Å². The summed E-state index contributed by atoms with van der Waals surface area (Å²) in [6, 6.07) is 47.4. The molecule has 1 unspecified atom stereocenters. The highest BCUT2D eigenvalue weighted by Gasteiger charge is 2.42. The third-order valence-corrected chi connectivity index (χ3v) is 9.47. The number of nitrogens with zero attached hydrogens (tertiary/aromatic N) is 2. The van der Waals surface area contributed by atoms with Gasteiger partial charge in [-0.2, -0.15) is 0 Å². The molecular weight excluding hydrogens is 578 g/mol. The lowest BCUT2D eigenvalue weighted by molar-refractivity contribution is 0.0278. The summed E-state index contributed by atoms with van der Waals surface area (Å²) in [5.74, 6) is -0.209. The first-order valence-corrected chi connectivity index (χ1v) is 16.4. The summed E-state index contributed by atoms with van der Waals surface area (Å²) in [7, 11) is 0. The fraction of sp³-hybridized carbons (Fsp3) is 0.190. The van der Waals surface area contributed by atoms with Gasteiger partial charge in [-0.05, 0) is 64.3 Å². The van der Waals surface area contributed by atoms with E-state index in [1.54, 1.807) is 0 Å². The predicted molar refractivity (Wildman–Crippen MR) is 187 cm³/mol. The lowest BCUT2D eigenvalue weighted by atomic mass is 9.76. The third kappa shape index (κ3) is 5.57. The SMILES string of the molecule is CC(C)C(O)(c1ccc(-c2cccc(C(=O)NC3CC3)c2)cc1)c1cn(C(c2ccccc2)(c2ccccc2)c2ccccc2)cn1. The molecule has 1 aromatic heterocycles. The van der Waals surface area contributed by atoms with Crippen LogP contribution in [0.5, 0.6) is 0 Å². The molecule has 1 saturated carbocycles. The standard InChI is InChI=1S/C42H39N3O2/c1-30(2)42(47,37-23-21-31(22-24-37)32-13-12-14-33(27-32)40(46)44-38-25-26-38)39-28-45(29-43-39)41(34-15-6-3-7-16-34,35-17-8-4-9-18-35)36-19-10-5-11-20-36/h3-24,27-30,38,47H,25-26H2,1-2H3,(H,44,46). The lowest BCUT2D eigenvalue weighted by Gasteiger charge is -2.37. The Morgan fingerprint density at radius 3 is 1.79 bits per heavy atom. The van der Waals surface area contributed by atoms with Crippen LogP contribution >= 0.6 is 0 Å². The van der Waals surface area contributed by atoms with Gasteiger partial charge in [-0.25, -0.2) is 4.98 Å². The molecule has 1 amide bonds. The van der Waals surface area contributed by atoms with Crippen molar-refractivity contribution >= 4 is 5.91 Å². The smallest absolute Gasteiger partial charge is 0.251 e. The number of rotatable bonds is 10. The molecule has 0 saturated heterocycles. The molecule has 0 spiro atoms. The second-order valence-electron chi connectivity index (χ2n) is 12.8. The number of carbonyl (C=O) groups is 1. The first-order chi connectivity index (χ1) is 22.9. The van der Waals surface area contributed by atoms with E-state index < -0.39 is 11.1 Å². The second kappa shape index (κ2) is 12.5. The van der Waals surface area contributed by atoms with Crippen molar-refractivity contribution in [2.75, 3.05) is 0 Å². The summed E-state index contributed by atoms with van der Waals surface area (Å²) in [5.41, 5.74) is 5.10. The Morgan fingerprint density at radius 2 is 1.28 bits per heavy atom. The van der Waals surface area contributed by atoms with E-state index in [9.17, 15) is 9.90 Å². The summed E-state index contributed by atoms with van der Waals surface area (Å²) in [6.07, 6.45) is 5.95. The minimum absolute atomic E-state index is 0.0340. The fourth-order valence-electron chi connectivity index (χ4n) is 6.72. The molecule has 0 bridgehead atoms. The summed E-state index contributed by atoms with van der Waals surface area (Å²) >= 11 is 0. The third-order valence-electron chi connectivity index (χ3n) is 9.47. The van der Waals surface area contributed by atoms with E-state index in [1.165, 1.54) is 0 Å². The Morgan fingerprint density at radius 1 is 0.723 bits per heavy atom. The van der Waals surface area contributed by atoms with Crippen molar-refractivity contribution in [3.63, 3.8) is 0 Å². The van der Waals surface area contributed by atoms with Crippen LogP contribution in [0.25, 0.3) is 11.1 Å². The van der Waals surface area contributed by atoms with Gasteiger partial charge in [0.2, 0.25) is 0 Å². The number of imidazole rings is 1. The van der Waals surface area contributed by atoms with E-state index in [0.717, 1.165) is 46.2 Å². The van der Waals surface area contributed by atoms with Gasteiger partial charge in [-0.15, -0.1) is 0 Å². The van der Waals surface area contributed by atoms with Gasteiger partial charge in [-0.1, -0.05) is 141 Å². The van der Waals surface area contributed by atoms with Crippen LogP contribution in [0.1, 0.15) is 65.0 Å². The van der Waals surface area contributed by atoms with E-state index in [1.807, 2.05) is 93.1 Å². The Balaban J connectivity index is 1.30. The van der Waals surface area contributed by atoms with Crippen molar-refractivity contribution in [3.05, 3.63) is 186 Å². The molecule has 5 nitrogen and oxygen atoms in total. The van der Waals surface area contributed by atoms with Crippen LogP contribution in [0, 0.1) is 5.92 Å². The van der Waals surface area contributed by atoms with Gasteiger partial charge in [0.25, 0.3) is 5.91 Å². The molecule has 234 valence electrons. The Kier molecular flexibility index (Phi) is 8.09. The van der Waals surface area contributed by atoms with Gasteiger partial charge >= 0.3 is 0 Å². The van der Waals surface area contributed by atoms with E-state index in [-0.39, 0.29) is 11.8 Å². The van der Waals surface area contributed by atoms with Gasteiger partial charge in [0.05, 0.1) is 12.0 Å². The van der Waals surface area contributed by atoms with Crippen LogP contribution in [0.2, 0.25) is 0 Å². The quantitative estimate of drug-likeness (QED) is 0.152. The zero-order chi connectivity index (χ0) is 32.4. The van der Waals surface area contributed by atoms with Gasteiger partial charge in [0.1, 0.15) is 11.1 Å². The molecule has 5 aromatic carbocycles. The Hall–Kier alpha value is -5.26. The van der Waals surface area contributed by atoms with Crippen molar-refractivity contribution in [2.24, 2.45) is 5.92 Å². The highest BCUT2D eigenvalue weighted by Crippen LogP contribution is 2.43. The van der Waals surface area contributed by atoms with Crippen LogP contribution in [0.15, 0.2) is 152 Å². The molecule has 1 heterocycles. The number of hydrogen-bond acceptors (Lipinski definition) is 3. The number of nitrogens with one attached hydrogen (secondary N) is 1. The zero-order valence-corrected chi connectivity index (χ0v) is 26.8. The molecule has 2 N–H and O–H groups in total. The van der Waals surface area contributed by atoms with Crippen molar-refractivity contribution < 1.29 is 9.90 Å². The summed E-state index contributed by atoms with van der Waals surface area (Å²) < 4.78 is 2.14. The summed E-state index contributed by atoms with van der Waals surface area (Å²) in [4.78, 5) is 17.6. The van der Waals surface area contributed by atoms with E-state index in [2.05, 4.69) is 82.7 Å². The summed E-state index contributed by atoms with van der Waals surface area (Å²) in [6.45, 7) is 4.04. The topological polar surface area (TPSA) is 67.2 Å². The molecule has 47 heavy (non-hydrogen) atoms. The largest absolute Gasteiger partial charge is 0.378 e. The van der Waals surface area contributed by atoms with Crippen molar-refractivity contribution in [1.29, 1.82) is 0 Å². The van der Waals surface area contributed by atoms with Crippen molar-refractivity contribution in [1.82, 2.24) is 14.9 Å². The maximum absolute atomic E-state index is 12.7. The molecule has 0 aliphatic heterocycles. The highest BCUT2D eigenvalue weighted by molar-refractivity contribution is 5.95. The minimum Gasteiger partial charge on any atom is -0.378 e. The fourth-order valence-corrected chi connectivity index (χ4v) is 6.72. The monoisotopic (exact) mass is 617 g/mol. The highest BCUT2D eigenvalue weighted by atomic mass is 16.3. The maximum Gasteiger partial charge on any atom is 0.251 e. The predicted octanol–water partition coefficient (Wildman–Crippen LogP) is 8.17. The van der Waals surface area contributed by atoms with Crippen LogP contribution in [0.3, 0.4) is 0 Å². The Labute approximate surface area is 276 Å². The van der Waals surface area contributed by atoms with Crippen molar-refractivity contribution in [2.45, 2.75) is 43.9 Å². The van der Waals surface area contributed by atoms with Crippen LogP contribution in [-0.2, 0) is 11.1 Å². The minimum atomic E-state index is -1.36. The average Bonchev–Trinajstić information content (AvgIpc) is 3.81. The maximum atomic E-state index is 12.7. The molecular formula is C42H39N3O2. The number of aliphatic hydroxyl groups is 1. The lowest BCUT2D eigenvalue weighted by Crippen LogP contribution is -2.37. The average molecular weight is 618 g/mol. The molecule has 6 aromatic rings. The van der Waals surface area contributed by atoms with Crippen LogP contribution < -0.4 is 5.32 Å². The Bertz CT molecular complexity index is 1870. The van der Waals surface area contributed by atoms with Gasteiger partial charge < -0.3 is 15.0 Å². The summed E-state index contributed by atoms with van der Waals surface area (Å²) in [5, 5.41) is 15.6. The van der Waals surface area contributed by atoms with Crippen LogP contribution in [-0.4, -0.2) is 26.6 Å². The van der Waals surface area contributed by atoms with E-state index in [0.29, 0.717) is 17.3 Å². The van der Waals surface area contributed by atoms with Gasteiger partial charge in [0.15, 0.2) is 0 Å². The molecule has 5 heteroatoms. The second-order valence-corrected chi connectivity index (χ2v) is 12.8. The molecule has 1 atom stereocenters. The number of amides is 1. The number of benzene rings is 5. The molecule has 1 aliphatic rings. The number of carbonyl (C=O) groups excluding carboxylic acids is 1. The number of hydrogen-bond donors (Lipinski definition) is 2. The zero-order valence-electron chi connectivity index (χ0n) is 26.8. The van der Waals surface area contributed by atoms with Gasteiger partial charge in [-0.3, -0.25) is 4.79 Å². The van der Waals surface area contributed by atoms with Gasteiger partial charge in [0, 0.05) is 17.8 Å². The van der Waals surface area contributed by atoms with Crippen LogP contribution in [0.4, 0.5) is 0 Å². The van der Waals surface area contributed by atoms with E-state index in [4.69, 9.17) is 4.98 Å². The number of aromatic nitrogens is 2.